The first kappa shape index (κ1) is 15.8. The van der Waals surface area contributed by atoms with Gasteiger partial charge in [-0.05, 0) is 31.5 Å². The van der Waals surface area contributed by atoms with Crippen LogP contribution in [0.25, 0.3) is 0 Å². The zero-order valence-electron chi connectivity index (χ0n) is 12.6. The smallest absolute Gasteiger partial charge is 0.266 e. The van der Waals surface area contributed by atoms with E-state index >= 15 is 0 Å². The Morgan fingerprint density at radius 1 is 1.27 bits per heavy atom. The van der Waals surface area contributed by atoms with Gasteiger partial charge in [0.1, 0.15) is 5.75 Å². The van der Waals surface area contributed by atoms with Gasteiger partial charge in [0, 0.05) is 6.54 Å². The maximum absolute atomic E-state index is 11.9. The molecule has 1 aliphatic heterocycles. The lowest BCUT2D eigenvalue weighted by molar-refractivity contribution is -0.131. The summed E-state index contributed by atoms with van der Waals surface area (Å²) in [7, 11) is 0. The van der Waals surface area contributed by atoms with Crippen molar-refractivity contribution in [3.8, 4) is 5.75 Å². The van der Waals surface area contributed by atoms with Gasteiger partial charge in [-0.15, -0.1) is 0 Å². The first-order chi connectivity index (χ1) is 10.5. The Morgan fingerprint density at radius 3 is 2.77 bits per heavy atom. The second-order valence-corrected chi connectivity index (χ2v) is 5.03. The zero-order chi connectivity index (χ0) is 16.1. The Balaban J connectivity index is 1.91. The number of anilines is 1. The minimum atomic E-state index is -0.899. The molecule has 22 heavy (non-hydrogen) atoms. The fourth-order valence-electron chi connectivity index (χ4n) is 2.08. The number of likely N-dealkylation sites (N-methyl/N-ethyl adjacent to an activating group) is 1. The van der Waals surface area contributed by atoms with Crippen molar-refractivity contribution < 1.29 is 19.1 Å². The lowest BCUT2D eigenvalue weighted by Gasteiger charge is -2.25. The molecule has 2 rings (SSSR count). The molecule has 0 saturated carbocycles. The molecule has 1 aromatic rings. The molecule has 1 atom stereocenters. The van der Waals surface area contributed by atoms with Gasteiger partial charge in [0.15, 0.2) is 6.10 Å². The number of carbonyl (C=O) groups excluding carboxylic acids is 3. The van der Waals surface area contributed by atoms with Crippen molar-refractivity contribution in [3.63, 3.8) is 0 Å². The fourth-order valence-corrected chi connectivity index (χ4v) is 2.08. The van der Waals surface area contributed by atoms with E-state index in [0.29, 0.717) is 18.0 Å². The molecule has 0 bridgehead atoms. The van der Waals surface area contributed by atoms with Gasteiger partial charge in [-0.1, -0.05) is 6.07 Å². The molecule has 3 amide bonds. The number of rotatable bonds is 5. The molecule has 0 aromatic heterocycles. The summed E-state index contributed by atoms with van der Waals surface area (Å²) in [5.74, 6) is -0.523. The van der Waals surface area contributed by atoms with E-state index in [2.05, 4.69) is 16.0 Å². The van der Waals surface area contributed by atoms with E-state index in [0.717, 1.165) is 5.56 Å². The van der Waals surface area contributed by atoms with Gasteiger partial charge in [-0.3, -0.25) is 14.4 Å². The molecule has 118 valence electrons. The molecule has 0 spiro atoms. The number of hydrogen-bond acceptors (Lipinski definition) is 4. The van der Waals surface area contributed by atoms with Gasteiger partial charge in [0.05, 0.1) is 18.7 Å². The van der Waals surface area contributed by atoms with Crippen LogP contribution in [0.15, 0.2) is 18.2 Å². The Labute approximate surface area is 128 Å². The monoisotopic (exact) mass is 305 g/mol. The van der Waals surface area contributed by atoms with E-state index in [9.17, 15) is 14.4 Å². The third-order valence-corrected chi connectivity index (χ3v) is 3.15. The van der Waals surface area contributed by atoms with Crippen LogP contribution in [-0.4, -0.2) is 36.9 Å². The van der Waals surface area contributed by atoms with Gasteiger partial charge in [-0.2, -0.15) is 0 Å². The number of nitrogens with one attached hydrogen (secondary N) is 3. The summed E-state index contributed by atoms with van der Waals surface area (Å²) < 4.78 is 5.55. The largest absolute Gasteiger partial charge is 0.478 e. The molecule has 0 fully saturated rings. The number of amides is 3. The van der Waals surface area contributed by atoms with Crippen LogP contribution in [0.4, 0.5) is 5.69 Å². The maximum atomic E-state index is 11.9. The lowest BCUT2D eigenvalue weighted by atomic mass is 10.1. The maximum Gasteiger partial charge on any atom is 0.266 e. The summed E-state index contributed by atoms with van der Waals surface area (Å²) in [5.41, 5.74) is 1.60. The molecular formula is C15H19N3O4. The van der Waals surface area contributed by atoms with Gasteiger partial charge in [0.25, 0.3) is 5.91 Å². The molecule has 3 N–H and O–H groups in total. The van der Waals surface area contributed by atoms with Gasteiger partial charge >= 0.3 is 0 Å². The number of ether oxygens (including phenoxy) is 1. The van der Waals surface area contributed by atoms with Crippen LogP contribution in [0.1, 0.15) is 18.9 Å². The van der Waals surface area contributed by atoms with Crippen LogP contribution < -0.4 is 20.7 Å². The molecule has 0 saturated heterocycles. The number of aryl methyl sites for hydroxylation is 1. The van der Waals surface area contributed by atoms with Gasteiger partial charge in [0.2, 0.25) is 11.8 Å². The summed E-state index contributed by atoms with van der Waals surface area (Å²) in [6.07, 6.45) is -1.04. The standard InChI is InChI=1S/C15H19N3O4/c1-3-16-14(20)8-17-13(19)7-12-15(21)18-10-6-9(2)4-5-11(10)22-12/h4-6,12H,3,7-8H2,1-2H3,(H,16,20)(H,17,19)(H,18,21). The number of hydrogen-bond donors (Lipinski definition) is 3. The van der Waals surface area contributed by atoms with E-state index in [1.54, 1.807) is 19.1 Å². The quantitative estimate of drug-likeness (QED) is 0.730. The average molecular weight is 305 g/mol. The lowest BCUT2D eigenvalue weighted by Crippen LogP contribution is -2.43. The number of benzene rings is 1. The highest BCUT2D eigenvalue weighted by Crippen LogP contribution is 2.30. The highest BCUT2D eigenvalue weighted by molar-refractivity contribution is 6.00. The van der Waals surface area contributed by atoms with Crippen LogP contribution in [0.5, 0.6) is 5.75 Å². The average Bonchev–Trinajstić information content (AvgIpc) is 2.46. The van der Waals surface area contributed by atoms with Crippen molar-refractivity contribution in [1.29, 1.82) is 0 Å². The van der Waals surface area contributed by atoms with Crippen LogP contribution >= 0.6 is 0 Å². The Morgan fingerprint density at radius 2 is 2.05 bits per heavy atom. The molecule has 0 aliphatic carbocycles. The van der Waals surface area contributed by atoms with E-state index in [4.69, 9.17) is 4.74 Å². The molecule has 1 heterocycles. The zero-order valence-corrected chi connectivity index (χ0v) is 12.6. The van der Waals surface area contributed by atoms with Crippen LogP contribution in [0, 0.1) is 6.92 Å². The van der Waals surface area contributed by atoms with Crippen molar-refractivity contribution in [2.24, 2.45) is 0 Å². The Bertz CT molecular complexity index is 600. The highest BCUT2D eigenvalue weighted by Gasteiger charge is 2.29. The van der Waals surface area contributed by atoms with Crippen molar-refractivity contribution in [2.45, 2.75) is 26.4 Å². The van der Waals surface area contributed by atoms with Crippen LogP contribution in [0.2, 0.25) is 0 Å². The topological polar surface area (TPSA) is 96.5 Å². The first-order valence-electron chi connectivity index (χ1n) is 7.11. The molecule has 1 aromatic carbocycles. The Hall–Kier alpha value is -2.57. The van der Waals surface area contributed by atoms with E-state index in [1.165, 1.54) is 0 Å². The summed E-state index contributed by atoms with van der Waals surface area (Å²) in [6.45, 7) is 4.09. The first-order valence-corrected chi connectivity index (χ1v) is 7.11. The second kappa shape index (κ2) is 6.93. The molecule has 7 nitrogen and oxygen atoms in total. The molecule has 0 radical (unpaired) electrons. The summed E-state index contributed by atoms with van der Waals surface area (Å²) in [4.78, 5) is 35.0. The minimum Gasteiger partial charge on any atom is -0.478 e. The predicted molar refractivity (Wildman–Crippen MR) is 80.5 cm³/mol. The molecule has 1 unspecified atom stereocenters. The summed E-state index contributed by atoms with van der Waals surface area (Å²) in [6, 6.07) is 5.42. The van der Waals surface area contributed by atoms with E-state index in [1.807, 2.05) is 13.0 Å². The molecular weight excluding hydrogens is 286 g/mol. The molecule has 7 heteroatoms. The third kappa shape index (κ3) is 3.97. The predicted octanol–water partition coefficient (Wildman–Crippen LogP) is 0.337. The third-order valence-electron chi connectivity index (χ3n) is 3.15. The van der Waals surface area contributed by atoms with Crippen molar-refractivity contribution >= 4 is 23.4 Å². The van der Waals surface area contributed by atoms with E-state index < -0.39 is 12.0 Å². The van der Waals surface area contributed by atoms with Crippen molar-refractivity contribution in [3.05, 3.63) is 23.8 Å². The highest BCUT2D eigenvalue weighted by atomic mass is 16.5. The molecule has 1 aliphatic rings. The summed E-state index contributed by atoms with van der Waals surface area (Å²) >= 11 is 0. The van der Waals surface area contributed by atoms with Crippen molar-refractivity contribution in [2.75, 3.05) is 18.4 Å². The minimum absolute atomic E-state index is 0.114. The SMILES string of the molecule is CCNC(=O)CNC(=O)CC1Oc2ccc(C)cc2NC1=O. The number of fused-ring (bicyclic) bond motifs is 1. The second-order valence-electron chi connectivity index (χ2n) is 5.03. The summed E-state index contributed by atoms with van der Waals surface area (Å²) in [5, 5.41) is 7.74. The Kier molecular flexibility index (Phi) is 4.98. The van der Waals surface area contributed by atoms with Crippen LogP contribution in [-0.2, 0) is 14.4 Å². The van der Waals surface area contributed by atoms with Crippen molar-refractivity contribution in [1.82, 2.24) is 10.6 Å². The van der Waals surface area contributed by atoms with Gasteiger partial charge < -0.3 is 20.7 Å². The fraction of sp³-hybridized carbons (Fsp3) is 0.400. The van der Waals surface area contributed by atoms with E-state index in [-0.39, 0.29) is 24.8 Å². The number of carbonyl (C=O) groups is 3. The normalized spacial score (nSPS) is 16.1. The van der Waals surface area contributed by atoms with Gasteiger partial charge in [-0.25, -0.2) is 0 Å². The van der Waals surface area contributed by atoms with Crippen LogP contribution in [0.3, 0.4) is 0 Å².